The molecule has 4 rings (SSSR count). The normalized spacial score (nSPS) is 18.7. The van der Waals surface area contributed by atoms with Gasteiger partial charge in [-0.2, -0.15) is 12.7 Å². The molecule has 1 fully saturated rings. The monoisotopic (exact) mass is 502 g/mol. The van der Waals surface area contributed by atoms with E-state index in [0.717, 1.165) is 21.0 Å². The zero-order chi connectivity index (χ0) is 26.4. The van der Waals surface area contributed by atoms with E-state index in [1.807, 2.05) is 0 Å². The molecule has 0 amide bonds. The Balaban J connectivity index is 1.61. The third kappa shape index (κ3) is 4.38. The van der Waals surface area contributed by atoms with E-state index in [1.165, 1.54) is 25.5 Å². The van der Waals surface area contributed by atoms with Gasteiger partial charge in [-0.15, -0.1) is 0 Å². The fourth-order valence-corrected chi connectivity index (χ4v) is 5.04. The minimum absolute atomic E-state index is 0.00864. The lowest BCUT2D eigenvalue weighted by atomic mass is 10.2. The second-order valence-corrected chi connectivity index (χ2v) is 9.43. The maximum Gasteiger partial charge on any atom is 0.301 e. The van der Waals surface area contributed by atoms with Crippen molar-refractivity contribution in [3.63, 3.8) is 0 Å². The predicted molar refractivity (Wildman–Crippen MR) is 121 cm³/mol. The lowest BCUT2D eigenvalue weighted by molar-refractivity contribution is 0.115. The van der Waals surface area contributed by atoms with Crippen LogP contribution in [0.3, 0.4) is 0 Å². The number of hydrogen-bond acceptors (Lipinski definition) is 6. The zero-order valence-corrected chi connectivity index (χ0v) is 18.7. The van der Waals surface area contributed by atoms with Gasteiger partial charge in [-0.3, -0.25) is 9.52 Å². The largest absolute Gasteiger partial charge is 0.380 e. The molecular formula is C20H20ClF2N5O4S. The summed E-state index contributed by atoms with van der Waals surface area (Å²) in [6, 6.07) is 4.62. The zero-order valence-electron chi connectivity index (χ0n) is 20.1. The van der Waals surface area contributed by atoms with Crippen molar-refractivity contribution in [2.75, 3.05) is 30.2 Å². The molecule has 1 aromatic heterocycles. The van der Waals surface area contributed by atoms with Crippen molar-refractivity contribution >= 4 is 49.8 Å². The molecule has 176 valence electrons. The molecular weight excluding hydrogens is 480 g/mol. The molecule has 1 atom stereocenters. The van der Waals surface area contributed by atoms with E-state index in [1.54, 1.807) is 0 Å². The van der Waals surface area contributed by atoms with Crippen LogP contribution in [0.15, 0.2) is 35.4 Å². The molecule has 0 spiro atoms. The topological polar surface area (TPSA) is 106 Å². The molecule has 1 aliphatic heterocycles. The molecule has 2 N–H and O–H groups in total. The highest BCUT2D eigenvalue weighted by Gasteiger charge is 2.32. The van der Waals surface area contributed by atoms with Crippen LogP contribution in [0.25, 0.3) is 10.9 Å². The molecule has 13 heteroatoms. The molecule has 1 saturated heterocycles. The molecule has 3 aromatic rings. The highest BCUT2D eigenvalue weighted by molar-refractivity contribution is 7.90. The average molecular weight is 503 g/mol. The first-order chi connectivity index (χ1) is 16.8. The van der Waals surface area contributed by atoms with E-state index in [-0.39, 0.29) is 41.8 Å². The number of halogens is 3. The van der Waals surface area contributed by atoms with E-state index < -0.39 is 51.3 Å². The first-order valence-corrected chi connectivity index (χ1v) is 11.4. The molecule has 2 heterocycles. The van der Waals surface area contributed by atoms with Crippen LogP contribution in [0.1, 0.15) is 10.5 Å². The molecule has 0 aliphatic carbocycles. The molecule has 0 saturated carbocycles. The Morgan fingerprint density at radius 1 is 1.27 bits per heavy atom. The Kier molecular flexibility index (Phi) is 5.27. The minimum atomic E-state index is -4.22. The molecule has 33 heavy (non-hydrogen) atoms. The minimum Gasteiger partial charge on any atom is -0.380 e. The van der Waals surface area contributed by atoms with E-state index in [0.29, 0.717) is 0 Å². The van der Waals surface area contributed by atoms with Crippen LogP contribution in [-0.2, 0) is 22.0 Å². The van der Waals surface area contributed by atoms with Crippen LogP contribution in [0.4, 0.5) is 25.8 Å². The number of ether oxygens (including phenoxy) is 1. The van der Waals surface area contributed by atoms with Crippen molar-refractivity contribution in [3.8, 4) is 0 Å². The van der Waals surface area contributed by atoms with Crippen molar-refractivity contribution in [3.05, 3.63) is 57.6 Å². The number of nitrogens with zero attached hydrogens (tertiary/aromatic N) is 3. The Labute approximate surface area is 197 Å². The summed E-state index contributed by atoms with van der Waals surface area (Å²) in [5.74, 6) is -1.89. The number of aryl methyl sites for hydroxylation is 1. The van der Waals surface area contributed by atoms with Crippen LogP contribution < -0.4 is 15.6 Å². The Bertz CT molecular complexity index is 1500. The van der Waals surface area contributed by atoms with Crippen molar-refractivity contribution in [2.45, 2.75) is 12.5 Å². The highest BCUT2D eigenvalue weighted by atomic mass is 35.5. The number of rotatable bonds is 6. The average Bonchev–Trinajstić information content (AvgIpc) is 3.25. The van der Waals surface area contributed by atoms with Gasteiger partial charge < -0.3 is 14.6 Å². The fourth-order valence-electron chi connectivity index (χ4n) is 3.45. The van der Waals surface area contributed by atoms with Gasteiger partial charge in [-0.25, -0.2) is 13.8 Å². The van der Waals surface area contributed by atoms with Gasteiger partial charge in [0.1, 0.15) is 11.2 Å². The van der Waals surface area contributed by atoms with E-state index in [9.17, 15) is 17.6 Å². The van der Waals surface area contributed by atoms with E-state index in [2.05, 4.69) is 15.0 Å². The van der Waals surface area contributed by atoms with Crippen molar-refractivity contribution in [1.82, 2.24) is 13.9 Å². The van der Waals surface area contributed by atoms with Crippen LogP contribution in [-0.4, -0.2) is 48.5 Å². The standard InChI is InChI=1S/C20H20ClF2N5O4S/c1-27-10-24-13-5-6-15(18(23)16(13)20(27)29)25-19-12(22)3-4-14(17(19)21)26-33(30,31)28-8-7-11(9-28)32-2/h3-6,10-11,25-26H,7-9H2,1-2H3/i2D3. The second kappa shape index (κ2) is 8.86. The quantitative estimate of drug-likeness (QED) is 0.537. The van der Waals surface area contributed by atoms with Crippen LogP contribution in [0, 0.1) is 11.6 Å². The summed E-state index contributed by atoms with van der Waals surface area (Å²) in [5, 5.41) is 1.77. The summed E-state index contributed by atoms with van der Waals surface area (Å²) in [7, 11) is -5.48. The van der Waals surface area contributed by atoms with Crippen LogP contribution in [0.2, 0.25) is 5.02 Å². The van der Waals surface area contributed by atoms with Crippen molar-refractivity contribution < 1.29 is 26.0 Å². The summed E-state index contributed by atoms with van der Waals surface area (Å²) in [6.45, 7) is -0.214. The van der Waals surface area contributed by atoms with E-state index >= 15 is 4.39 Å². The first kappa shape index (κ1) is 19.6. The van der Waals surface area contributed by atoms with Gasteiger partial charge in [-0.1, -0.05) is 11.6 Å². The van der Waals surface area contributed by atoms with Gasteiger partial charge in [-0.05, 0) is 30.7 Å². The summed E-state index contributed by atoms with van der Waals surface area (Å²) >= 11 is 6.27. The predicted octanol–water partition coefficient (Wildman–Crippen LogP) is 2.99. The number of methoxy groups -OCH3 is 1. The summed E-state index contributed by atoms with van der Waals surface area (Å²) in [4.78, 5) is 16.3. The van der Waals surface area contributed by atoms with E-state index in [4.69, 9.17) is 20.5 Å². The Hall–Kier alpha value is -2.80. The molecule has 1 aliphatic rings. The smallest absolute Gasteiger partial charge is 0.301 e. The molecule has 1 unspecified atom stereocenters. The number of hydrogen-bond donors (Lipinski definition) is 2. The van der Waals surface area contributed by atoms with Crippen LogP contribution >= 0.6 is 11.6 Å². The maximum atomic E-state index is 15.1. The summed E-state index contributed by atoms with van der Waals surface area (Å²) in [5.41, 5.74) is -1.47. The lowest BCUT2D eigenvalue weighted by Crippen LogP contribution is -2.35. The SMILES string of the molecule is [2H]C([2H])([2H])OC1CCN(S(=O)(=O)Nc2ccc(F)c(Nc3ccc4ncn(C)c(=O)c4c3F)c2Cl)C1. The first-order valence-electron chi connectivity index (χ1n) is 11.1. The third-order valence-corrected chi connectivity index (χ3v) is 7.11. The molecule has 9 nitrogen and oxygen atoms in total. The summed E-state index contributed by atoms with van der Waals surface area (Å²) in [6.07, 6.45) is 0.577. The lowest BCUT2D eigenvalue weighted by Gasteiger charge is -2.19. The van der Waals surface area contributed by atoms with Gasteiger partial charge in [0.2, 0.25) is 0 Å². The van der Waals surface area contributed by atoms with Gasteiger partial charge >= 0.3 is 10.2 Å². The second-order valence-electron chi connectivity index (χ2n) is 7.38. The van der Waals surface area contributed by atoms with Gasteiger partial charge in [0, 0.05) is 27.2 Å². The molecule has 0 radical (unpaired) electrons. The van der Waals surface area contributed by atoms with Crippen molar-refractivity contribution in [2.24, 2.45) is 7.05 Å². The maximum absolute atomic E-state index is 15.1. The number of benzene rings is 2. The Morgan fingerprint density at radius 3 is 2.79 bits per heavy atom. The number of fused-ring (bicyclic) bond motifs is 1. The summed E-state index contributed by atoms with van der Waals surface area (Å²) < 4.78 is 86.1. The number of aromatic nitrogens is 2. The molecule has 2 aromatic carbocycles. The fraction of sp³-hybridized carbons (Fsp3) is 0.300. The Morgan fingerprint density at radius 2 is 2.03 bits per heavy atom. The van der Waals surface area contributed by atoms with Gasteiger partial charge in [0.25, 0.3) is 5.56 Å². The number of nitrogens with one attached hydrogen (secondary N) is 2. The molecule has 0 bridgehead atoms. The highest BCUT2D eigenvalue weighted by Crippen LogP contribution is 2.36. The van der Waals surface area contributed by atoms with Crippen LogP contribution in [0.5, 0.6) is 0 Å². The van der Waals surface area contributed by atoms with Crippen molar-refractivity contribution in [1.29, 1.82) is 0 Å². The number of anilines is 3. The third-order valence-electron chi connectivity index (χ3n) is 5.23. The van der Waals surface area contributed by atoms with Gasteiger partial charge in [0.15, 0.2) is 5.82 Å². The van der Waals surface area contributed by atoms with Gasteiger partial charge in [0.05, 0.1) is 44.1 Å².